The van der Waals surface area contributed by atoms with E-state index in [1.165, 1.54) is 19.2 Å². The molecular weight excluding hydrogens is 285 g/mol. The van der Waals surface area contributed by atoms with Crippen molar-refractivity contribution in [2.75, 3.05) is 13.7 Å². The lowest BCUT2D eigenvalue weighted by molar-refractivity contribution is 0.107. The maximum absolute atomic E-state index is 13.6. The van der Waals surface area contributed by atoms with Gasteiger partial charge in [-0.3, -0.25) is 0 Å². The summed E-state index contributed by atoms with van der Waals surface area (Å²) in [5, 5.41) is 19.0. The molecule has 0 radical (unpaired) electrons. The molecule has 0 fully saturated rings. The van der Waals surface area contributed by atoms with Crippen LogP contribution in [0.5, 0.6) is 11.5 Å². The molecule has 2 aromatic rings. The highest BCUT2D eigenvalue weighted by molar-refractivity contribution is 5.41. The second-order valence-corrected chi connectivity index (χ2v) is 4.81. The van der Waals surface area contributed by atoms with Crippen molar-refractivity contribution in [3.05, 3.63) is 58.9 Å². The van der Waals surface area contributed by atoms with Crippen molar-refractivity contribution in [2.24, 2.45) is 0 Å². The Morgan fingerprint density at radius 3 is 2.64 bits per heavy atom. The summed E-state index contributed by atoms with van der Waals surface area (Å²) in [6.45, 7) is 1.80. The van der Waals surface area contributed by atoms with Crippen LogP contribution in [-0.2, 0) is 0 Å². The van der Waals surface area contributed by atoms with Gasteiger partial charge in [0.05, 0.1) is 18.7 Å². The molecule has 5 heteroatoms. The highest BCUT2D eigenvalue weighted by atomic mass is 19.1. The number of halogens is 1. The van der Waals surface area contributed by atoms with Gasteiger partial charge in [0.2, 0.25) is 0 Å². The Labute approximate surface area is 128 Å². The molecule has 0 saturated heterocycles. The molecule has 0 aliphatic heterocycles. The molecule has 1 unspecified atom stereocenters. The Balaban J connectivity index is 2.08. The predicted octanol–water partition coefficient (Wildman–Crippen LogP) is 3.13. The zero-order valence-electron chi connectivity index (χ0n) is 12.3. The largest absolute Gasteiger partial charge is 0.494 e. The molecule has 0 aromatic heterocycles. The van der Waals surface area contributed by atoms with E-state index < -0.39 is 11.9 Å². The molecule has 1 N–H and O–H groups in total. The van der Waals surface area contributed by atoms with Crippen LogP contribution >= 0.6 is 0 Å². The Kier molecular flexibility index (Phi) is 4.97. The molecule has 0 heterocycles. The van der Waals surface area contributed by atoms with Crippen molar-refractivity contribution < 1.29 is 19.0 Å². The van der Waals surface area contributed by atoms with Gasteiger partial charge in [0.25, 0.3) is 0 Å². The standard InChI is InChI=1S/C17H16FNO3/c1-11-3-4-12(9-19)7-17(11)22-10-15(20)13-5-6-16(21-2)14(18)8-13/h3-8,15,20H,10H2,1-2H3. The number of hydrogen-bond donors (Lipinski definition) is 1. The molecule has 22 heavy (non-hydrogen) atoms. The van der Waals surface area contributed by atoms with Crippen LogP contribution < -0.4 is 9.47 Å². The second-order valence-electron chi connectivity index (χ2n) is 4.81. The smallest absolute Gasteiger partial charge is 0.165 e. The van der Waals surface area contributed by atoms with Crippen LogP contribution in [0.4, 0.5) is 4.39 Å². The zero-order valence-corrected chi connectivity index (χ0v) is 12.3. The first kappa shape index (κ1) is 15.8. The van der Waals surface area contributed by atoms with Gasteiger partial charge in [0.15, 0.2) is 11.6 Å². The highest BCUT2D eigenvalue weighted by Crippen LogP contribution is 2.24. The number of benzene rings is 2. The first-order valence-electron chi connectivity index (χ1n) is 6.70. The van der Waals surface area contributed by atoms with Gasteiger partial charge < -0.3 is 14.6 Å². The molecule has 0 amide bonds. The van der Waals surface area contributed by atoms with Crippen LogP contribution in [0, 0.1) is 24.1 Å². The summed E-state index contributed by atoms with van der Waals surface area (Å²) < 4.78 is 24.0. The van der Waals surface area contributed by atoms with Crippen molar-refractivity contribution in [3.8, 4) is 17.6 Å². The number of hydrogen-bond acceptors (Lipinski definition) is 4. The van der Waals surface area contributed by atoms with Crippen LogP contribution in [0.1, 0.15) is 22.8 Å². The molecule has 0 saturated carbocycles. The number of aliphatic hydroxyl groups is 1. The molecule has 0 aliphatic carbocycles. The fourth-order valence-corrected chi connectivity index (χ4v) is 1.98. The first-order chi connectivity index (χ1) is 10.5. The minimum Gasteiger partial charge on any atom is -0.494 e. The topological polar surface area (TPSA) is 62.5 Å². The van der Waals surface area contributed by atoms with E-state index in [0.29, 0.717) is 16.9 Å². The predicted molar refractivity (Wildman–Crippen MR) is 79.3 cm³/mol. The van der Waals surface area contributed by atoms with E-state index in [-0.39, 0.29) is 12.4 Å². The van der Waals surface area contributed by atoms with Gasteiger partial charge in [-0.15, -0.1) is 0 Å². The van der Waals surface area contributed by atoms with E-state index in [2.05, 4.69) is 0 Å². The molecule has 0 spiro atoms. The maximum atomic E-state index is 13.6. The maximum Gasteiger partial charge on any atom is 0.165 e. The summed E-state index contributed by atoms with van der Waals surface area (Å²) >= 11 is 0. The quantitative estimate of drug-likeness (QED) is 0.921. The summed E-state index contributed by atoms with van der Waals surface area (Å²) in [6, 6.07) is 11.3. The molecule has 114 valence electrons. The van der Waals surface area contributed by atoms with Crippen molar-refractivity contribution in [3.63, 3.8) is 0 Å². The number of aryl methyl sites for hydroxylation is 1. The average Bonchev–Trinajstić information content (AvgIpc) is 2.53. The molecular formula is C17H16FNO3. The molecule has 0 aliphatic rings. The van der Waals surface area contributed by atoms with Gasteiger partial charge >= 0.3 is 0 Å². The molecule has 1 atom stereocenters. The van der Waals surface area contributed by atoms with E-state index in [1.807, 2.05) is 13.0 Å². The minimum atomic E-state index is -0.981. The lowest BCUT2D eigenvalue weighted by Gasteiger charge is -2.15. The summed E-state index contributed by atoms with van der Waals surface area (Å²) in [4.78, 5) is 0. The minimum absolute atomic E-state index is 0.0402. The van der Waals surface area contributed by atoms with E-state index >= 15 is 0 Å². The van der Waals surface area contributed by atoms with Gasteiger partial charge in [-0.2, -0.15) is 5.26 Å². The molecule has 2 rings (SSSR count). The lowest BCUT2D eigenvalue weighted by atomic mass is 10.1. The van der Waals surface area contributed by atoms with Crippen LogP contribution in [-0.4, -0.2) is 18.8 Å². The summed E-state index contributed by atoms with van der Waals surface area (Å²) in [7, 11) is 1.38. The van der Waals surface area contributed by atoms with E-state index in [1.54, 1.807) is 24.3 Å². The van der Waals surface area contributed by atoms with Crippen LogP contribution in [0.2, 0.25) is 0 Å². The van der Waals surface area contributed by atoms with E-state index in [0.717, 1.165) is 5.56 Å². The Morgan fingerprint density at radius 1 is 1.23 bits per heavy atom. The van der Waals surface area contributed by atoms with Crippen LogP contribution in [0.25, 0.3) is 0 Å². The lowest BCUT2D eigenvalue weighted by Crippen LogP contribution is -2.10. The van der Waals surface area contributed by atoms with Crippen LogP contribution in [0.3, 0.4) is 0 Å². The third kappa shape index (κ3) is 3.54. The van der Waals surface area contributed by atoms with E-state index in [4.69, 9.17) is 14.7 Å². The highest BCUT2D eigenvalue weighted by Gasteiger charge is 2.13. The van der Waals surface area contributed by atoms with Gasteiger partial charge in [0.1, 0.15) is 18.5 Å². The average molecular weight is 301 g/mol. The van der Waals surface area contributed by atoms with Gasteiger partial charge in [-0.1, -0.05) is 12.1 Å². The Bertz CT molecular complexity index is 710. The number of aliphatic hydroxyl groups excluding tert-OH is 1. The fourth-order valence-electron chi connectivity index (χ4n) is 1.98. The van der Waals surface area contributed by atoms with Gasteiger partial charge in [0, 0.05) is 0 Å². The summed E-state index contributed by atoms with van der Waals surface area (Å²) in [5.74, 6) is 0.100. The SMILES string of the molecule is COc1ccc(C(O)COc2cc(C#N)ccc2C)cc1F. The van der Waals surface area contributed by atoms with Crippen LogP contribution in [0.15, 0.2) is 36.4 Å². The molecule has 0 bridgehead atoms. The van der Waals surface area contributed by atoms with Crippen molar-refractivity contribution >= 4 is 0 Å². The third-order valence-corrected chi connectivity index (χ3v) is 3.27. The third-order valence-electron chi connectivity index (χ3n) is 3.27. The molecule has 2 aromatic carbocycles. The van der Waals surface area contributed by atoms with Crippen molar-refractivity contribution in [2.45, 2.75) is 13.0 Å². The normalized spacial score (nSPS) is 11.6. The summed E-state index contributed by atoms with van der Waals surface area (Å²) in [6.07, 6.45) is -0.981. The number of nitriles is 1. The van der Waals surface area contributed by atoms with E-state index in [9.17, 15) is 9.50 Å². The van der Waals surface area contributed by atoms with Gasteiger partial charge in [-0.05, 0) is 42.3 Å². The van der Waals surface area contributed by atoms with Crippen molar-refractivity contribution in [1.82, 2.24) is 0 Å². The monoisotopic (exact) mass is 301 g/mol. The second kappa shape index (κ2) is 6.92. The number of methoxy groups -OCH3 is 1. The summed E-state index contributed by atoms with van der Waals surface area (Å²) in [5.41, 5.74) is 1.73. The number of rotatable bonds is 5. The zero-order chi connectivity index (χ0) is 16.1. The molecule has 4 nitrogen and oxygen atoms in total. The number of ether oxygens (including phenoxy) is 2. The Morgan fingerprint density at radius 2 is 2.00 bits per heavy atom. The number of nitrogens with zero attached hydrogens (tertiary/aromatic N) is 1. The first-order valence-corrected chi connectivity index (χ1v) is 6.70. The van der Waals surface area contributed by atoms with Crippen molar-refractivity contribution in [1.29, 1.82) is 5.26 Å². The van der Waals surface area contributed by atoms with Gasteiger partial charge in [-0.25, -0.2) is 4.39 Å². The fraction of sp³-hybridized carbons (Fsp3) is 0.235. The Hall–Kier alpha value is -2.58.